The van der Waals surface area contributed by atoms with Crippen molar-refractivity contribution in [2.24, 2.45) is 0 Å². The molecular formula is C19H19N5O3. The van der Waals surface area contributed by atoms with Crippen LogP contribution >= 0.6 is 0 Å². The van der Waals surface area contributed by atoms with Crippen LogP contribution in [0, 0.1) is 13.8 Å². The van der Waals surface area contributed by atoms with E-state index in [1.165, 1.54) is 6.92 Å². The van der Waals surface area contributed by atoms with Gasteiger partial charge in [-0.05, 0) is 32.4 Å². The highest BCUT2D eigenvalue weighted by molar-refractivity contribution is 6.03. The predicted molar refractivity (Wildman–Crippen MR) is 99.2 cm³/mol. The molecule has 4 N–H and O–H groups in total. The van der Waals surface area contributed by atoms with E-state index in [2.05, 4.69) is 26.0 Å². The lowest BCUT2D eigenvalue weighted by molar-refractivity contribution is 0.0841. The summed E-state index contributed by atoms with van der Waals surface area (Å²) in [6, 6.07) is 11.0. The lowest BCUT2D eigenvalue weighted by Crippen LogP contribution is -2.42. The van der Waals surface area contributed by atoms with Gasteiger partial charge in [0.2, 0.25) is 0 Å². The number of nitrogens with one attached hydrogen (secondary N) is 4. The van der Waals surface area contributed by atoms with Gasteiger partial charge in [-0.25, -0.2) is 0 Å². The number of benzene rings is 1. The van der Waals surface area contributed by atoms with Crippen molar-refractivity contribution in [3.05, 3.63) is 64.6 Å². The highest BCUT2D eigenvalue weighted by atomic mass is 16.2. The zero-order valence-corrected chi connectivity index (χ0v) is 15.1. The topological polar surface area (TPSA) is 120 Å². The van der Waals surface area contributed by atoms with Crippen molar-refractivity contribution in [1.29, 1.82) is 0 Å². The van der Waals surface area contributed by atoms with Gasteiger partial charge in [-0.1, -0.05) is 30.3 Å². The summed E-state index contributed by atoms with van der Waals surface area (Å²) in [6.45, 7) is 4.84. The summed E-state index contributed by atoms with van der Waals surface area (Å²) in [4.78, 5) is 39.1. The molecule has 1 aromatic carbocycles. The second-order valence-electron chi connectivity index (χ2n) is 6.12. The molecule has 8 heteroatoms. The minimum atomic E-state index is -0.542. The Balaban J connectivity index is 1.68. The lowest BCUT2D eigenvalue weighted by Gasteiger charge is -2.06. The largest absolute Gasteiger partial charge is 0.354 e. The molecule has 0 spiro atoms. The van der Waals surface area contributed by atoms with Crippen LogP contribution in [0.4, 0.5) is 0 Å². The van der Waals surface area contributed by atoms with Gasteiger partial charge in [-0.15, -0.1) is 0 Å². The van der Waals surface area contributed by atoms with Gasteiger partial charge in [0.15, 0.2) is 5.78 Å². The van der Waals surface area contributed by atoms with E-state index in [4.69, 9.17) is 0 Å². The van der Waals surface area contributed by atoms with Crippen LogP contribution in [0.3, 0.4) is 0 Å². The van der Waals surface area contributed by atoms with Gasteiger partial charge < -0.3 is 4.98 Å². The van der Waals surface area contributed by atoms with E-state index >= 15 is 0 Å². The fourth-order valence-electron chi connectivity index (χ4n) is 2.94. The van der Waals surface area contributed by atoms with Gasteiger partial charge in [-0.2, -0.15) is 5.10 Å². The number of carbonyl (C=O) groups is 3. The fourth-order valence-corrected chi connectivity index (χ4v) is 2.94. The molecule has 138 valence electrons. The van der Waals surface area contributed by atoms with Crippen molar-refractivity contribution < 1.29 is 14.4 Å². The van der Waals surface area contributed by atoms with Crippen LogP contribution in [0.5, 0.6) is 0 Å². The summed E-state index contributed by atoms with van der Waals surface area (Å²) in [5.41, 5.74) is 8.22. The summed E-state index contributed by atoms with van der Waals surface area (Å²) >= 11 is 0. The first kappa shape index (κ1) is 18.1. The molecule has 8 nitrogen and oxygen atoms in total. The van der Waals surface area contributed by atoms with Crippen molar-refractivity contribution in [2.75, 3.05) is 0 Å². The Labute approximate surface area is 155 Å². The summed E-state index contributed by atoms with van der Waals surface area (Å²) in [5.74, 6) is -1.21. The summed E-state index contributed by atoms with van der Waals surface area (Å²) in [7, 11) is 0. The number of amides is 2. The molecule has 0 bridgehead atoms. The number of rotatable bonds is 4. The van der Waals surface area contributed by atoms with Crippen LogP contribution < -0.4 is 10.9 Å². The molecule has 0 unspecified atom stereocenters. The molecule has 3 rings (SSSR count). The Morgan fingerprint density at radius 2 is 1.67 bits per heavy atom. The molecule has 0 aliphatic carbocycles. The number of aryl methyl sites for hydroxylation is 1. The van der Waals surface area contributed by atoms with Crippen LogP contribution in [-0.2, 0) is 0 Å². The number of ketones is 1. The molecule has 2 heterocycles. The quantitative estimate of drug-likeness (QED) is 0.419. The van der Waals surface area contributed by atoms with Crippen LogP contribution in [-0.4, -0.2) is 32.8 Å². The highest BCUT2D eigenvalue weighted by Gasteiger charge is 2.20. The standard InChI is InChI=1S/C19H19N5O3/c1-10-16(12(3)25)11(2)20-17(10)19(27)24-23-18(26)15-9-14(21-22-15)13-7-5-4-6-8-13/h4-9,20H,1-3H3,(H,21,22)(H,23,26)(H,24,27). The van der Waals surface area contributed by atoms with Gasteiger partial charge in [0.25, 0.3) is 11.8 Å². The molecule has 2 aromatic heterocycles. The van der Waals surface area contributed by atoms with Crippen molar-refractivity contribution in [2.45, 2.75) is 20.8 Å². The Bertz CT molecular complexity index is 1020. The number of hydrogen-bond donors (Lipinski definition) is 4. The Hall–Kier alpha value is -3.68. The normalized spacial score (nSPS) is 10.5. The second kappa shape index (κ2) is 7.28. The molecule has 0 saturated heterocycles. The lowest BCUT2D eigenvalue weighted by atomic mass is 10.1. The van der Waals surface area contributed by atoms with E-state index < -0.39 is 11.8 Å². The number of carbonyl (C=O) groups excluding carboxylic acids is 3. The maximum absolute atomic E-state index is 12.3. The van der Waals surface area contributed by atoms with Crippen LogP contribution in [0.2, 0.25) is 0 Å². The smallest absolute Gasteiger partial charge is 0.287 e. The van der Waals surface area contributed by atoms with E-state index in [0.717, 1.165) is 5.56 Å². The molecule has 0 fully saturated rings. The van der Waals surface area contributed by atoms with Crippen LogP contribution in [0.25, 0.3) is 11.3 Å². The van der Waals surface area contributed by atoms with Crippen LogP contribution in [0.1, 0.15) is 49.5 Å². The summed E-state index contributed by atoms with van der Waals surface area (Å²) in [5, 5.41) is 6.74. The van der Waals surface area contributed by atoms with Gasteiger partial charge in [0.05, 0.1) is 5.69 Å². The first-order chi connectivity index (χ1) is 12.9. The number of Topliss-reactive ketones (excluding diaryl/α,β-unsaturated/α-hetero) is 1. The van der Waals surface area contributed by atoms with Crippen molar-refractivity contribution in [1.82, 2.24) is 26.0 Å². The van der Waals surface area contributed by atoms with Crippen molar-refractivity contribution in [3.63, 3.8) is 0 Å². The summed E-state index contributed by atoms with van der Waals surface area (Å²) < 4.78 is 0. The molecule has 0 aliphatic rings. The minimum absolute atomic E-state index is 0.129. The predicted octanol–water partition coefficient (Wildman–Crippen LogP) is 2.30. The van der Waals surface area contributed by atoms with Gasteiger partial charge >= 0.3 is 0 Å². The molecule has 27 heavy (non-hydrogen) atoms. The SMILES string of the molecule is CC(=O)c1c(C)[nH]c(C(=O)NNC(=O)c2cc(-c3ccccc3)n[nH]2)c1C. The molecule has 2 amide bonds. The Morgan fingerprint density at radius 1 is 1.00 bits per heavy atom. The fraction of sp³-hybridized carbons (Fsp3) is 0.158. The Morgan fingerprint density at radius 3 is 2.30 bits per heavy atom. The third kappa shape index (κ3) is 3.64. The first-order valence-electron chi connectivity index (χ1n) is 8.30. The Kier molecular flexibility index (Phi) is 4.89. The van der Waals surface area contributed by atoms with E-state index in [1.807, 2.05) is 30.3 Å². The number of aromatic nitrogens is 3. The molecule has 0 aliphatic heterocycles. The molecule has 0 atom stereocenters. The average molecular weight is 365 g/mol. The first-order valence-corrected chi connectivity index (χ1v) is 8.30. The average Bonchev–Trinajstić information content (AvgIpc) is 3.25. The van der Waals surface area contributed by atoms with E-state index in [-0.39, 0.29) is 17.2 Å². The minimum Gasteiger partial charge on any atom is -0.354 e. The molecule has 0 radical (unpaired) electrons. The van der Waals surface area contributed by atoms with Gasteiger partial charge in [0.1, 0.15) is 11.4 Å². The maximum atomic E-state index is 12.3. The number of hydrazine groups is 1. The maximum Gasteiger partial charge on any atom is 0.287 e. The monoisotopic (exact) mass is 365 g/mol. The van der Waals surface area contributed by atoms with Gasteiger partial charge in [-0.3, -0.25) is 30.3 Å². The zero-order valence-electron chi connectivity index (χ0n) is 15.1. The summed E-state index contributed by atoms with van der Waals surface area (Å²) in [6.07, 6.45) is 0. The van der Waals surface area contributed by atoms with E-state index in [1.54, 1.807) is 19.9 Å². The third-order valence-electron chi connectivity index (χ3n) is 4.20. The number of nitrogens with zero attached hydrogens (tertiary/aromatic N) is 1. The van der Waals surface area contributed by atoms with E-state index in [9.17, 15) is 14.4 Å². The second-order valence-corrected chi connectivity index (χ2v) is 6.12. The van der Waals surface area contributed by atoms with Gasteiger partial charge in [0, 0.05) is 16.8 Å². The number of hydrogen-bond acceptors (Lipinski definition) is 4. The molecule has 3 aromatic rings. The highest BCUT2D eigenvalue weighted by Crippen LogP contribution is 2.18. The zero-order chi connectivity index (χ0) is 19.6. The van der Waals surface area contributed by atoms with E-state index in [0.29, 0.717) is 22.5 Å². The number of H-pyrrole nitrogens is 2. The van der Waals surface area contributed by atoms with Crippen molar-refractivity contribution in [3.8, 4) is 11.3 Å². The number of aromatic amines is 2. The van der Waals surface area contributed by atoms with Crippen molar-refractivity contribution >= 4 is 17.6 Å². The third-order valence-corrected chi connectivity index (χ3v) is 4.20. The van der Waals surface area contributed by atoms with Crippen LogP contribution in [0.15, 0.2) is 36.4 Å². The molecular weight excluding hydrogens is 346 g/mol. The molecule has 0 saturated carbocycles.